The van der Waals surface area contributed by atoms with E-state index < -0.39 is 15.6 Å². The van der Waals surface area contributed by atoms with Crippen molar-refractivity contribution in [2.75, 3.05) is 43.4 Å². The molecule has 0 saturated carbocycles. The van der Waals surface area contributed by atoms with Gasteiger partial charge < -0.3 is 15.1 Å². The highest BCUT2D eigenvalue weighted by Gasteiger charge is 2.22. The second kappa shape index (κ2) is 9.77. The average molecular weight is 520 g/mol. The van der Waals surface area contributed by atoms with Crippen LogP contribution >= 0.6 is 0 Å². The van der Waals surface area contributed by atoms with Crippen LogP contribution in [0.1, 0.15) is 20.8 Å². The second-order valence-corrected chi connectivity index (χ2v) is 12.1. The van der Waals surface area contributed by atoms with Gasteiger partial charge in [0.05, 0.1) is 10.6 Å². The number of nitrogens with zero attached hydrogens (tertiary/aromatic N) is 5. The normalized spacial score (nSPS) is 15.3. The lowest BCUT2D eigenvalue weighted by atomic mass is 10.1. The summed E-state index contributed by atoms with van der Waals surface area (Å²) in [7, 11) is -1.51. The fraction of sp³-hybridized carbons (Fsp3) is 0.333. The zero-order valence-electron chi connectivity index (χ0n) is 21.6. The summed E-state index contributed by atoms with van der Waals surface area (Å²) in [5.74, 6) is 0.470. The van der Waals surface area contributed by atoms with Crippen LogP contribution in [0.2, 0.25) is 0 Å². The first kappa shape index (κ1) is 25.2. The van der Waals surface area contributed by atoms with Gasteiger partial charge in [-0.15, -0.1) is 5.10 Å². The Kier molecular flexibility index (Phi) is 6.65. The summed E-state index contributed by atoms with van der Waals surface area (Å²) < 4.78 is 30.2. The number of piperazine rings is 1. The molecule has 0 atom stereocenters. The molecule has 4 aromatic rings. The van der Waals surface area contributed by atoms with Gasteiger partial charge in [-0.3, -0.25) is 0 Å². The number of anilines is 3. The zero-order valence-corrected chi connectivity index (χ0v) is 22.5. The van der Waals surface area contributed by atoms with E-state index >= 15 is 0 Å². The average Bonchev–Trinajstić information content (AvgIpc) is 3.26. The van der Waals surface area contributed by atoms with E-state index in [1.807, 2.05) is 57.2 Å². The summed E-state index contributed by atoms with van der Waals surface area (Å²) in [6, 6.07) is 20.8. The third-order valence-electron chi connectivity index (χ3n) is 6.23. The summed E-state index contributed by atoms with van der Waals surface area (Å²) in [5.41, 5.74) is 3.67. The molecule has 10 heteroatoms. The summed E-state index contributed by atoms with van der Waals surface area (Å²) in [4.78, 5) is 9.57. The quantitative estimate of drug-likeness (QED) is 0.398. The number of nitrogens with one attached hydrogen (secondary N) is 2. The molecule has 2 N–H and O–H groups in total. The number of fused-ring (bicyclic) bond motifs is 1. The molecule has 0 bridgehead atoms. The Balaban J connectivity index is 1.39. The van der Waals surface area contributed by atoms with Crippen molar-refractivity contribution in [3.63, 3.8) is 0 Å². The molecule has 0 amide bonds. The first-order valence-electron chi connectivity index (χ1n) is 12.4. The van der Waals surface area contributed by atoms with Crippen molar-refractivity contribution >= 4 is 33.0 Å². The van der Waals surface area contributed by atoms with E-state index in [0.717, 1.165) is 43.1 Å². The van der Waals surface area contributed by atoms with E-state index in [0.29, 0.717) is 11.6 Å². The van der Waals surface area contributed by atoms with Crippen molar-refractivity contribution in [2.24, 2.45) is 0 Å². The van der Waals surface area contributed by atoms with Gasteiger partial charge in [-0.25, -0.2) is 17.7 Å². The Morgan fingerprint density at radius 2 is 1.59 bits per heavy atom. The van der Waals surface area contributed by atoms with Gasteiger partial charge in [0.15, 0.2) is 5.65 Å². The van der Waals surface area contributed by atoms with Crippen LogP contribution in [0.25, 0.3) is 16.9 Å². The first-order valence-corrected chi connectivity index (χ1v) is 13.9. The minimum Gasteiger partial charge on any atom is -0.369 e. The zero-order chi connectivity index (χ0) is 26.2. The second-order valence-electron chi connectivity index (χ2n) is 10.5. The number of hydrogen-bond donors (Lipinski definition) is 2. The maximum Gasteiger partial charge on any atom is 0.247 e. The summed E-state index contributed by atoms with van der Waals surface area (Å²) >= 11 is 0. The number of rotatable bonds is 6. The number of aromatic nitrogens is 3. The molecule has 3 heterocycles. The lowest BCUT2D eigenvalue weighted by Crippen LogP contribution is -2.44. The molecule has 0 radical (unpaired) electrons. The highest BCUT2D eigenvalue weighted by molar-refractivity contribution is 7.89. The van der Waals surface area contributed by atoms with Gasteiger partial charge in [-0.2, -0.15) is 4.98 Å². The van der Waals surface area contributed by atoms with Gasteiger partial charge in [0.2, 0.25) is 16.0 Å². The minimum absolute atomic E-state index is 0.204. The van der Waals surface area contributed by atoms with Crippen LogP contribution < -0.4 is 14.9 Å². The summed E-state index contributed by atoms with van der Waals surface area (Å²) in [5, 5.41) is 7.96. The predicted molar refractivity (Wildman–Crippen MR) is 148 cm³/mol. The van der Waals surface area contributed by atoms with E-state index in [9.17, 15) is 8.42 Å². The van der Waals surface area contributed by atoms with E-state index in [4.69, 9.17) is 0 Å². The Labute approximate surface area is 218 Å². The number of likely N-dealkylation sites (N-methyl/N-ethyl adjacent to an activating group) is 1. The maximum atomic E-state index is 12.9. The maximum absolute atomic E-state index is 12.9. The standard InChI is InChI=1S/C27H33N7O2S/c1-27(2,3)31-37(35,36)23-8-5-7-20(19-23)24-9-6-10-25-29-26(30-34(24)25)28-21-11-13-22(14-12-21)33-17-15-32(4)16-18-33/h5-14,19,31H,15-18H2,1-4H3,(H,28,30). The van der Waals surface area contributed by atoms with Gasteiger partial charge in [-0.1, -0.05) is 18.2 Å². The predicted octanol–water partition coefficient (Wildman–Crippen LogP) is 3.97. The molecule has 1 fully saturated rings. The van der Waals surface area contributed by atoms with Gasteiger partial charge in [0.25, 0.3) is 0 Å². The molecule has 1 aliphatic heterocycles. The molecule has 5 rings (SSSR count). The monoisotopic (exact) mass is 519 g/mol. The van der Waals surface area contributed by atoms with Crippen LogP contribution in [0.5, 0.6) is 0 Å². The van der Waals surface area contributed by atoms with Gasteiger partial charge in [-0.05, 0) is 76.3 Å². The number of pyridine rings is 1. The van der Waals surface area contributed by atoms with E-state index in [1.165, 1.54) is 5.69 Å². The Morgan fingerprint density at radius 1 is 0.892 bits per heavy atom. The van der Waals surface area contributed by atoms with Crippen molar-refractivity contribution in [1.82, 2.24) is 24.2 Å². The van der Waals surface area contributed by atoms with Crippen LogP contribution in [-0.4, -0.2) is 66.7 Å². The van der Waals surface area contributed by atoms with Gasteiger partial charge in [0, 0.05) is 48.7 Å². The first-order chi connectivity index (χ1) is 17.6. The van der Waals surface area contributed by atoms with Crippen LogP contribution in [0, 0.1) is 0 Å². The lowest BCUT2D eigenvalue weighted by molar-refractivity contribution is 0.313. The fourth-order valence-corrected chi connectivity index (χ4v) is 5.87. The number of sulfonamides is 1. The van der Waals surface area contributed by atoms with Gasteiger partial charge in [0.1, 0.15) is 0 Å². The highest BCUT2D eigenvalue weighted by atomic mass is 32.2. The smallest absolute Gasteiger partial charge is 0.247 e. The van der Waals surface area contributed by atoms with Crippen molar-refractivity contribution in [1.29, 1.82) is 0 Å². The Morgan fingerprint density at radius 3 is 2.30 bits per heavy atom. The van der Waals surface area contributed by atoms with Crippen molar-refractivity contribution in [3.05, 3.63) is 66.7 Å². The number of benzene rings is 2. The molecule has 1 aliphatic rings. The minimum atomic E-state index is -3.67. The molecule has 37 heavy (non-hydrogen) atoms. The summed E-state index contributed by atoms with van der Waals surface area (Å²) in [6.45, 7) is 9.63. The number of hydrogen-bond acceptors (Lipinski definition) is 7. The van der Waals surface area contributed by atoms with Crippen molar-refractivity contribution in [3.8, 4) is 11.3 Å². The summed E-state index contributed by atoms with van der Waals surface area (Å²) in [6.07, 6.45) is 0. The molecule has 2 aromatic heterocycles. The molecule has 1 saturated heterocycles. The molecular formula is C27H33N7O2S. The molecule has 0 spiro atoms. The Bertz CT molecular complexity index is 1500. The molecule has 9 nitrogen and oxygen atoms in total. The van der Waals surface area contributed by atoms with Crippen LogP contribution in [0.4, 0.5) is 17.3 Å². The third-order valence-corrected chi connectivity index (χ3v) is 7.99. The third kappa shape index (κ3) is 5.76. The topological polar surface area (TPSA) is 94.9 Å². The van der Waals surface area contributed by atoms with E-state index in [-0.39, 0.29) is 4.90 Å². The Hall–Kier alpha value is -3.47. The molecular weight excluding hydrogens is 486 g/mol. The largest absolute Gasteiger partial charge is 0.369 e. The van der Waals surface area contributed by atoms with Crippen LogP contribution in [-0.2, 0) is 10.0 Å². The molecule has 0 unspecified atom stereocenters. The van der Waals surface area contributed by atoms with Crippen molar-refractivity contribution < 1.29 is 8.42 Å². The molecule has 2 aromatic carbocycles. The van der Waals surface area contributed by atoms with Crippen LogP contribution in [0.3, 0.4) is 0 Å². The molecule has 194 valence electrons. The fourth-order valence-electron chi connectivity index (χ4n) is 4.41. The van der Waals surface area contributed by atoms with Gasteiger partial charge >= 0.3 is 0 Å². The SMILES string of the molecule is CN1CCN(c2ccc(Nc3nc4cccc(-c5cccc(S(=O)(=O)NC(C)(C)C)c5)n4n3)cc2)CC1. The lowest BCUT2D eigenvalue weighted by Gasteiger charge is -2.34. The highest BCUT2D eigenvalue weighted by Crippen LogP contribution is 2.26. The van der Waals surface area contributed by atoms with Crippen LogP contribution in [0.15, 0.2) is 71.6 Å². The van der Waals surface area contributed by atoms with Crippen molar-refractivity contribution in [2.45, 2.75) is 31.2 Å². The molecule has 0 aliphatic carbocycles. The van der Waals surface area contributed by atoms with E-state index in [1.54, 1.807) is 22.7 Å². The van der Waals surface area contributed by atoms with E-state index in [2.05, 4.69) is 49.1 Å².